The Morgan fingerprint density at radius 2 is 2.19 bits per heavy atom. The molecule has 2 heterocycles. The molecule has 2 rings (SSSR count). The number of hydrogen-bond donors (Lipinski definition) is 2. The predicted molar refractivity (Wildman–Crippen MR) is 81.8 cm³/mol. The lowest BCUT2D eigenvalue weighted by Gasteiger charge is -2.33. The summed E-state index contributed by atoms with van der Waals surface area (Å²) in [6, 6.07) is -0.367. The summed E-state index contributed by atoms with van der Waals surface area (Å²) in [6.45, 7) is 6.26. The van der Waals surface area contributed by atoms with Crippen molar-refractivity contribution < 1.29 is 14.7 Å². The van der Waals surface area contributed by atoms with Crippen LogP contribution in [0.3, 0.4) is 0 Å². The number of urea groups is 1. The fourth-order valence-electron chi connectivity index (χ4n) is 2.88. The van der Waals surface area contributed by atoms with Crippen LogP contribution in [-0.4, -0.2) is 39.1 Å². The van der Waals surface area contributed by atoms with Gasteiger partial charge >= 0.3 is 12.0 Å². The number of carboxylic acid groups (broad SMARTS) is 1. The van der Waals surface area contributed by atoms with E-state index in [0.717, 1.165) is 17.0 Å². The molecule has 1 fully saturated rings. The average Bonchev–Trinajstić information content (AvgIpc) is 3.02. The van der Waals surface area contributed by atoms with Gasteiger partial charge in [-0.05, 0) is 32.6 Å². The Morgan fingerprint density at radius 1 is 1.48 bits per heavy atom. The van der Waals surface area contributed by atoms with Gasteiger partial charge in [0.1, 0.15) is 5.54 Å². The minimum absolute atomic E-state index is 0.367. The zero-order valence-electron chi connectivity index (χ0n) is 12.6. The zero-order chi connectivity index (χ0) is 15.6. The van der Waals surface area contributed by atoms with E-state index in [1.165, 1.54) is 16.2 Å². The number of nitrogens with one attached hydrogen (secondary N) is 1. The molecule has 1 atom stereocenters. The highest BCUT2D eigenvalue weighted by Crippen LogP contribution is 2.33. The fraction of sp³-hybridized carbons (Fsp3) is 0.643. The van der Waals surface area contributed by atoms with Gasteiger partial charge in [-0.1, -0.05) is 13.8 Å². The zero-order valence-corrected chi connectivity index (χ0v) is 13.4. The molecule has 1 aliphatic rings. The van der Waals surface area contributed by atoms with Crippen molar-refractivity contribution >= 4 is 28.5 Å². The molecular weight excluding hydrogens is 290 g/mol. The van der Waals surface area contributed by atoms with E-state index in [1.807, 2.05) is 20.8 Å². The maximum Gasteiger partial charge on any atom is 0.329 e. The second-order valence-corrected chi connectivity index (χ2v) is 6.45. The van der Waals surface area contributed by atoms with Crippen LogP contribution in [-0.2, 0) is 11.2 Å². The quantitative estimate of drug-likeness (QED) is 0.895. The minimum Gasteiger partial charge on any atom is -0.479 e. The first-order valence-corrected chi connectivity index (χ1v) is 8.04. The Morgan fingerprint density at radius 3 is 2.71 bits per heavy atom. The highest BCUT2D eigenvalue weighted by molar-refractivity contribution is 7.15. The summed E-state index contributed by atoms with van der Waals surface area (Å²) < 4.78 is 0. The van der Waals surface area contributed by atoms with Gasteiger partial charge in [-0.2, -0.15) is 0 Å². The van der Waals surface area contributed by atoms with Gasteiger partial charge in [0.15, 0.2) is 5.13 Å². The Hall–Kier alpha value is -1.63. The molecule has 2 amide bonds. The van der Waals surface area contributed by atoms with Gasteiger partial charge in [0.2, 0.25) is 0 Å². The summed E-state index contributed by atoms with van der Waals surface area (Å²) in [7, 11) is 0. The molecule has 1 aliphatic heterocycles. The van der Waals surface area contributed by atoms with Crippen molar-refractivity contribution in [3.8, 4) is 0 Å². The number of aryl methyl sites for hydroxylation is 2. The number of thiazole rings is 1. The van der Waals surface area contributed by atoms with E-state index >= 15 is 0 Å². The third-order valence-corrected chi connectivity index (χ3v) is 5.09. The third-order valence-electron chi connectivity index (χ3n) is 4.16. The third kappa shape index (κ3) is 2.74. The Balaban J connectivity index is 2.17. The first kappa shape index (κ1) is 15.8. The monoisotopic (exact) mass is 311 g/mol. The number of carboxylic acids is 1. The smallest absolute Gasteiger partial charge is 0.329 e. The van der Waals surface area contributed by atoms with E-state index in [2.05, 4.69) is 10.3 Å². The molecule has 0 saturated carbocycles. The number of aromatic nitrogens is 1. The average molecular weight is 311 g/mol. The number of aliphatic carboxylic acids is 1. The molecule has 6 nitrogen and oxygen atoms in total. The maximum absolute atomic E-state index is 12.4. The van der Waals surface area contributed by atoms with Crippen molar-refractivity contribution in [2.45, 2.75) is 52.0 Å². The lowest BCUT2D eigenvalue weighted by Crippen LogP contribution is -2.54. The van der Waals surface area contributed by atoms with Crippen molar-refractivity contribution in [2.24, 2.45) is 0 Å². The largest absolute Gasteiger partial charge is 0.479 e. The van der Waals surface area contributed by atoms with E-state index in [-0.39, 0.29) is 6.03 Å². The number of rotatable bonds is 4. The second-order valence-electron chi connectivity index (χ2n) is 5.25. The summed E-state index contributed by atoms with van der Waals surface area (Å²) in [5.41, 5.74) is -0.110. The lowest BCUT2D eigenvalue weighted by molar-refractivity contribution is -0.148. The van der Waals surface area contributed by atoms with E-state index in [9.17, 15) is 14.7 Å². The number of carbonyl (C=O) groups is 2. The van der Waals surface area contributed by atoms with Crippen molar-refractivity contribution in [2.75, 3.05) is 11.9 Å². The van der Waals surface area contributed by atoms with Gasteiger partial charge in [-0.25, -0.2) is 14.6 Å². The molecule has 1 saturated heterocycles. The van der Waals surface area contributed by atoms with Crippen molar-refractivity contribution in [3.05, 3.63) is 10.6 Å². The number of amides is 2. The van der Waals surface area contributed by atoms with Crippen LogP contribution in [0.2, 0.25) is 0 Å². The Bertz CT molecular complexity index is 558. The van der Waals surface area contributed by atoms with Crippen LogP contribution < -0.4 is 5.32 Å². The van der Waals surface area contributed by atoms with Gasteiger partial charge in [0.05, 0.1) is 5.69 Å². The lowest BCUT2D eigenvalue weighted by atomic mass is 9.93. The van der Waals surface area contributed by atoms with E-state index in [0.29, 0.717) is 30.9 Å². The van der Waals surface area contributed by atoms with Crippen molar-refractivity contribution in [1.29, 1.82) is 0 Å². The van der Waals surface area contributed by atoms with Crippen molar-refractivity contribution in [3.63, 3.8) is 0 Å². The van der Waals surface area contributed by atoms with Gasteiger partial charge in [-0.3, -0.25) is 5.32 Å². The minimum atomic E-state index is -1.08. The van der Waals surface area contributed by atoms with E-state index in [4.69, 9.17) is 0 Å². The first-order valence-electron chi connectivity index (χ1n) is 7.23. The molecule has 0 bridgehead atoms. The van der Waals surface area contributed by atoms with Crippen LogP contribution in [0, 0.1) is 6.92 Å². The molecular formula is C14H21N3O3S. The molecule has 1 unspecified atom stereocenters. The number of carbonyl (C=O) groups excluding carboxylic acids is 1. The topological polar surface area (TPSA) is 82.5 Å². The molecule has 1 aromatic heterocycles. The fourth-order valence-corrected chi connectivity index (χ4v) is 3.78. The maximum atomic E-state index is 12.4. The number of anilines is 1. The molecule has 1 aromatic rings. The molecule has 0 aliphatic carbocycles. The molecule has 0 spiro atoms. The number of hydrogen-bond acceptors (Lipinski definition) is 4. The number of likely N-dealkylation sites (tertiary alicyclic amines) is 1. The normalized spacial score (nSPS) is 21.6. The molecule has 0 aromatic carbocycles. The predicted octanol–water partition coefficient (Wildman–Crippen LogP) is 2.88. The molecule has 7 heteroatoms. The van der Waals surface area contributed by atoms with Crippen LogP contribution in [0.25, 0.3) is 0 Å². The van der Waals surface area contributed by atoms with Crippen LogP contribution in [0.5, 0.6) is 0 Å². The van der Waals surface area contributed by atoms with Gasteiger partial charge in [0.25, 0.3) is 0 Å². The highest BCUT2D eigenvalue weighted by Gasteiger charge is 2.48. The molecule has 2 N–H and O–H groups in total. The summed E-state index contributed by atoms with van der Waals surface area (Å²) in [4.78, 5) is 30.9. The van der Waals surface area contributed by atoms with E-state index < -0.39 is 11.5 Å². The van der Waals surface area contributed by atoms with E-state index in [1.54, 1.807) is 0 Å². The highest BCUT2D eigenvalue weighted by atomic mass is 32.1. The van der Waals surface area contributed by atoms with Gasteiger partial charge < -0.3 is 10.0 Å². The van der Waals surface area contributed by atoms with Crippen LogP contribution in [0.4, 0.5) is 9.93 Å². The summed E-state index contributed by atoms with van der Waals surface area (Å²) in [5, 5.41) is 12.8. The Labute approximate surface area is 128 Å². The molecule has 0 radical (unpaired) electrons. The van der Waals surface area contributed by atoms with Crippen LogP contribution in [0.15, 0.2) is 0 Å². The SMILES string of the molecule is CCc1nc(NC(=O)N2CCCC2(CC)C(=O)O)sc1C. The molecule has 116 valence electrons. The summed E-state index contributed by atoms with van der Waals surface area (Å²) in [5.74, 6) is -0.929. The van der Waals surface area contributed by atoms with Gasteiger partial charge in [0, 0.05) is 11.4 Å². The standard InChI is InChI=1S/C14H21N3O3S/c1-4-10-9(3)21-12(15-10)16-13(20)17-8-6-7-14(17,5-2)11(18)19/h4-8H2,1-3H3,(H,18,19)(H,15,16,20). The molecule has 21 heavy (non-hydrogen) atoms. The second kappa shape index (κ2) is 6.01. The first-order chi connectivity index (χ1) is 9.94. The van der Waals surface area contributed by atoms with Crippen LogP contribution in [0.1, 0.15) is 43.7 Å². The Kier molecular flexibility index (Phi) is 4.51. The summed E-state index contributed by atoms with van der Waals surface area (Å²) >= 11 is 1.43. The van der Waals surface area contributed by atoms with Crippen molar-refractivity contribution in [1.82, 2.24) is 9.88 Å². The number of nitrogens with zero attached hydrogens (tertiary/aromatic N) is 2. The summed E-state index contributed by atoms with van der Waals surface area (Å²) in [6.07, 6.45) is 2.44. The van der Waals surface area contributed by atoms with Gasteiger partial charge in [-0.15, -0.1) is 11.3 Å². The van der Waals surface area contributed by atoms with Crippen LogP contribution >= 0.6 is 11.3 Å².